The highest BCUT2D eigenvalue weighted by molar-refractivity contribution is 5.87. The van der Waals surface area contributed by atoms with Crippen LogP contribution in [0.1, 0.15) is 32.4 Å². The molecule has 0 unspecified atom stereocenters. The number of methoxy groups -OCH3 is 1. The molecule has 0 bridgehead atoms. The number of H-pyrrole nitrogens is 1. The molecule has 5 heteroatoms. The highest BCUT2D eigenvalue weighted by Gasteiger charge is 2.20. The quantitative estimate of drug-likeness (QED) is 0.786. The van der Waals surface area contributed by atoms with E-state index in [-0.39, 0.29) is 12.0 Å². The molecule has 0 fully saturated rings. The Kier molecular flexibility index (Phi) is 5.42. The van der Waals surface area contributed by atoms with Crippen molar-refractivity contribution in [1.29, 1.82) is 0 Å². The average Bonchev–Trinajstić information content (AvgIpc) is 2.85. The van der Waals surface area contributed by atoms with E-state index < -0.39 is 6.10 Å². The lowest BCUT2D eigenvalue weighted by atomic mass is 9.88. The molecule has 0 aliphatic carbocycles. The summed E-state index contributed by atoms with van der Waals surface area (Å²) >= 11 is 0. The van der Waals surface area contributed by atoms with Crippen LogP contribution >= 0.6 is 0 Å². The Morgan fingerprint density at radius 2 is 2.14 bits per heavy atom. The van der Waals surface area contributed by atoms with Crippen LogP contribution in [0.3, 0.4) is 0 Å². The second-order valence-electron chi connectivity index (χ2n) is 6.60. The van der Waals surface area contributed by atoms with Crippen LogP contribution in [0, 0.1) is 12.3 Å². The van der Waals surface area contributed by atoms with Gasteiger partial charge in [-0.15, -0.1) is 0 Å². The smallest absolute Gasteiger partial charge is 0.130 e. The molecule has 5 nitrogen and oxygen atoms in total. The number of fused-ring (bicyclic) bond motifs is 1. The van der Waals surface area contributed by atoms with Gasteiger partial charge in [0.2, 0.25) is 0 Å². The van der Waals surface area contributed by atoms with Crippen LogP contribution < -0.4 is 4.74 Å². The van der Waals surface area contributed by atoms with Crippen LogP contribution in [-0.4, -0.2) is 41.7 Å². The van der Waals surface area contributed by atoms with Crippen molar-refractivity contribution < 1.29 is 14.6 Å². The van der Waals surface area contributed by atoms with Crippen LogP contribution in [0.5, 0.6) is 5.75 Å². The highest BCUT2D eigenvalue weighted by atomic mass is 16.5. The van der Waals surface area contributed by atoms with Crippen molar-refractivity contribution in [2.75, 3.05) is 20.3 Å². The van der Waals surface area contributed by atoms with Crippen molar-refractivity contribution in [2.24, 2.45) is 5.41 Å². The molecular formula is C17H26N2O3. The lowest BCUT2D eigenvalue weighted by Crippen LogP contribution is -2.24. The summed E-state index contributed by atoms with van der Waals surface area (Å²) in [6.07, 6.45) is 1.09. The van der Waals surface area contributed by atoms with E-state index in [9.17, 15) is 5.11 Å². The third kappa shape index (κ3) is 4.21. The molecule has 1 aromatic carbocycles. The standard InChI is InChI=1S/C17H26N2O3/c1-12-16-14(19-18-12)6-5-7-15(16)22-10-13(20)8-9-17(2,3)11-21-4/h5-7,13,20H,8-11H2,1-4H3,(H,18,19)/t13-/m0/s1. The molecule has 2 aromatic rings. The Morgan fingerprint density at radius 1 is 1.36 bits per heavy atom. The Balaban J connectivity index is 1.90. The van der Waals surface area contributed by atoms with Crippen LogP contribution in [-0.2, 0) is 4.74 Å². The maximum Gasteiger partial charge on any atom is 0.130 e. The fourth-order valence-electron chi connectivity index (χ4n) is 2.60. The fraction of sp³-hybridized carbons (Fsp3) is 0.588. The van der Waals surface area contributed by atoms with Crippen LogP contribution in [0.2, 0.25) is 0 Å². The first-order valence-electron chi connectivity index (χ1n) is 7.66. The monoisotopic (exact) mass is 306 g/mol. The summed E-state index contributed by atoms with van der Waals surface area (Å²) in [5, 5.41) is 18.3. The second-order valence-corrected chi connectivity index (χ2v) is 6.60. The predicted octanol–water partition coefficient (Wildman–Crippen LogP) is 3.06. The van der Waals surface area contributed by atoms with Crippen molar-refractivity contribution in [1.82, 2.24) is 10.2 Å². The van der Waals surface area contributed by atoms with Crippen LogP contribution in [0.15, 0.2) is 18.2 Å². The van der Waals surface area contributed by atoms with Crippen molar-refractivity contribution >= 4 is 10.9 Å². The Hall–Kier alpha value is -1.59. The van der Waals surface area contributed by atoms with Gasteiger partial charge >= 0.3 is 0 Å². The van der Waals surface area contributed by atoms with Crippen molar-refractivity contribution in [3.8, 4) is 5.75 Å². The minimum atomic E-state index is -0.487. The summed E-state index contributed by atoms with van der Waals surface area (Å²) in [5.41, 5.74) is 1.92. The molecule has 0 saturated carbocycles. The lowest BCUT2D eigenvalue weighted by molar-refractivity contribution is 0.0605. The number of aryl methyl sites for hydroxylation is 1. The van der Waals surface area contributed by atoms with E-state index in [1.807, 2.05) is 25.1 Å². The van der Waals surface area contributed by atoms with E-state index in [0.29, 0.717) is 13.0 Å². The number of aliphatic hydroxyl groups is 1. The van der Waals surface area contributed by atoms with Gasteiger partial charge in [-0.05, 0) is 37.3 Å². The molecule has 0 saturated heterocycles. The number of hydrogen-bond donors (Lipinski definition) is 2. The fourth-order valence-corrected chi connectivity index (χ4v) is 2.60. The van der Waals surface area contributed by atoms with E-state index in [4.69, 9.17) is 9.47 Å². The molecule has 1 heterocycles. The van der Waals surface area contributed by atoms with Crippen molar-refractivity contribution in [2.45, 2.75) is 39.7 Å². The van der Waals surface area contributed by atoms with Gasteiger partial charge in [-0.1, -0.05) is 19.9 Å². The van der Waals surface area contributed by atoms with E-state index >= 15 is 0 Å². The summed E-state index contributed by atoms with van der Waals surface area (Å²) in [6.45, 7) is 7.21. The first-order chi connectivity index (χ1) is 10.4. The third-order valence-corrected chi connectivity index (χ3v) is 3.84. The lowest BCUT2D eigenvalue weighted by Gasteiger charge is -2.24. The maximum atomic E-state index is 10.1. The molecular weight excluding hydrogens is 280 g/mol. The highest BCUT2D eigenvalue weighted by Crippen LogP contribution is 2.27. The molecule has 0 spiro atoms. The van der Waals surface area contributed by atoms with Crippen molar-refractivity contribution in [3.05, 3.63) is 23.9 Å². The zero-order valence-electron chi connectivity index (χ0n) is 13.8. The summed E-state index contributed by atoms with van der Waals surface area (Å²) in [6, 6.07) is 5.76. The summed E-state index contributed by atoms with van der Waals surface area (Å²) in [4.78, 5) is 0. The van der Waals surface area contributed by atoms with Gasteiger partial charge in [0.05, 0.1) is 23.6 Å². The zero-order valence-corrected chi connectivity index (χ0v) is 13.8. The number of nitrogens with zero attached hydrogens (tertiary/aromatic N) is 1. The molecule has 0 aliphatic heterocycles. The Labute approximate surface area is 131 Å². The van der Waals surface area contributed by atoms with Gasteiger partial charge in [0.25, 0.3) is 0 Å². The predicted molar refractivity (Wildman–Crippen MR) is 87.2 cm³/mol. The summed E-state index contributed by atoms with van der Waals surface area (Å²) in [5.74, 6) is 0.763. The number of nitrogens with one attached hydrogen (secondary N) is 1. The topological polar surface area (TPSA) is 67.4 Å². The molecule has 2 N–H and O–H groups in total. The second kappa shape index (κ2) is 7.11. The SMILES string of the molecule is COCC(C)(C)CC[C@H](O)COc1cccc2n[nH]c(C)c12. The third-order valence-electron chi connectivity index (χ3n) is 3.84. The van der Waals surface area contributed by atoms with Gasteiger partial charge < -0.3 is 14.6 Å². The van der Waals surface area contributed by atoms with E-state index in [2.05, 4.69) is 24.0 Å². The first kappa shape index (κ1) is 16.8. The van der Waals surface area contributed by atoms with Gasteiger partial charge in [0.1, 0.15) is 12.4 Å². The van der Waals surface area contributed by atoms with Gasteiger partial charge in [-0.3, -0.25) is 5.10 Å². The number of rotatable bonds is 8. The number of hydrogen-bond acceptors (Lipinski definition) is 4. The number of aromatic amines is 1. The number of ether oxygens (including phenoxy) is 2. The molecule has 1 atom stereocenters. The van der Waals surface area contributed by atoms with Gasteiger partial charge in [-0.2, -0.15) is 5.10 Å². The number of aromatic nitrogens is 2. The molecule has 0 aliphatic rings. The van der Waals surface area contributed by atoms with E-state index in [0.717, 1.165) is 28.8 Å². The molecule has 1 aromatic heterocycles. The number of aliphatic hydroxyl groups excluding tert-OH is 1. The molecule has 22 heavy (non-hydrogen) atoms. The maximum absolute atomic E-state index is 10.1. The van der Waals surface area contributed by atoms with Gasteiger partial charge in [0, 0.05) is 12.8 Å². The van der Waals surface area contributed by atoms with E-state index in [1.165, 1.54) is 0 Å². The van der Waals surface area contributed by atoms with Gasteiger partial charge in [-0.25, -0.2) is 0 Å². The summed E-state index contributed by atoms with van der Waals surface area (Å²) < 4.78 is 11.0. The molecule has 122 valence electrons. The molecule has 2 rings (SSSR count). The zero-order chi connectivity index (χ0) is 16.2. The first-order valence-corrected chi connectivity index (χ1v) is 7.66. The Morgan fingerprint density at radius 3 is 2.86 bits per heavy atom. The number of benzene rings is 1. The largest absolute Gasteiger partial charge is 0.490 e. The molecule has 0 radical (unpaired) electrons. The average molecular weight is 306 g/mol. The summed E-state index contributed by atoms with van der Waals surface area (Å²) in [7, 11) is 1.70. The minimum Gasteiger partial charge on any atom is -0.490 e. The van der Waals surface area contributed by atoms with Gasteiger partial charge in [0.15, 0.2) is 0 Å². The van der Waals surface area contributed by atoms with Crippen LogP contribution in [0.4, 0.5) is 0 Å². The van der Waals surface area contributed by atoms with E-state index in [1.54, 1.807) is 7.11 Å². The van der Waals surface area contributed by atoms with Crippen molar-refractivity contribution in [3.63, 3.8) is 0 Å². The van der Waals surface area contributed by atoms with Crippen LogP contribution in [0.25, 0.3) is 10.9 Å². The Bertz CT molecular complexity index is 607. The molecule has 0 amide bonds. The minimum absolute atomic E-state index is 0.0664. The normalized spacial score (nSPS) is 13.5.